The van der Waals surface area contributed by atoms with Gasteiger partial charge in [0.05, 0.1) is 0 Å². The minimum Gasteiger partial charge on any atom is -0.423 e. The van der Waals surface area contributed by atoms with Crippen LogP contribution in [0.25, 0.3) is 0 Å². The quantitative estimate of drug-likeness (QED) is 0.241. The van der Waals surface area contributed by atoms with Gasteiger partial charge in [0.15, 0.2) is 0 Å². The molecule has 9 heavy (non-hydrogen) atoms. The van der Waals surface area contributed by atoms with Crippen LogP contribution in [0.3, 0.4) is 0 Å². The van der Waals surface area contributed by atoms with Crippen molar-refractivity contribution in [3.05, 3.63) is 30.7 Å². The Kier molecular flexibility index (Phi) is 3.18. The number of ether oxygens (including phenoxy) is 1. The summed E-state index contributed by atoms with van der Waals surface area (Å²) in [5.41, 5.74) is 2.66. The molecule has 0 heterocycles. The van der Waals surface area contributed by atoms with Gasteiger partial charge >= 0.3 is 5.97 Å². The molecule has 0 N–H and O–H groups in total. The maximum absolute atomic E-state index is 10.5. The molecule has 0 aliphatic carbocycles. The molecule has 0 fully saturated rings. The Hall–Kier alpha value is -1.27. The summed E-state index contributed by atoms with van der Waals surface area (Å²) >= 11 is 0. The highest BCUT2D eigenvalue weighted by Crippen LogP contribution is 1.90. The first kappa shape index (κ1) is 7.73. The van der Waals surface area contributed by atoms with E-state index in [1.165, 1.54) is 0 Å². The number of hydrogen-bond donors (Lipinski definition) is 0. The topological polar surface area (TPSA) is 26.3 Å². The Morgan fingerprint density at radius 3 is 2.67 bits per heavy atom. The average Bonchev–Trinajstić information content (AvgIpc) is 1.82. The minimum atomic E-state index is -0.453. The zero-order valence-electron chi connectivity index (χ0n) is 5.31. The third-order valence-corrected chi connectivity index (χ3v) is 0.598. The zero-order valence-corrected chi connectivity index (χ0v) is 5.31. The average molecular weight is 124 g/mol. The van der Waals surface area contributed by atoms with Crippen molar-refractivity contribution in [2.45, 2.75) is 6.92 Å². The first-order chi connectivity index (χ1) is 4.18. The molecule has 2 nitrogen and oxygen atoms in total. The maximum atomic E-state index is 10.5. The summed E-state index contributed by atoms with van der Waals surface area (Å²) in [6.45, 7) is 8.14. The van der Waals surface area contributed by atoms with Gasteiger partial charge in [-0.25, -0.2) is 4.79 Å². The molecule has 0 aromatic carbocycles. The maximum Gasteiger partial charge on any atom is 0.338 e. The zero-order chi connectivity index (χ0) is 7.28. The van der Waals surface area contributed by atoms with Crippen LogP contribution in [-0.4, -0.2) is 5.97 Å². The van der Waals surface area contributed by atoms with Crippen molar-refractivity contribution in [2.75, 3.05) is 0 Å². The van der Waals surface area contributed by atoms with Gasteiger partial charge in [-0.3, -0.25) is 0 Å². The molecule has 0 spiro atoms. The van der Waals surface area contributed by atoms with Gasteiger partial charge in [0.2, 0.25) is 0 Å². The van der Waals surface area contributed by atoms with E-state index in [4.69, 9.17) is 0 Å². The van der Waals surface area contributed by atoms with Crippen molar-refractivity contribution in [1.82, 2.24) is 0 Å². The number of esters is 1. The van der Waals surface area contributed by atoms with Crippen LogP contribution >= 0.6 is 0 Å². The second kappa shape index (κ2) is 3.70. The van der Waals surface area contributed by atoms with Gasteiger partial charge in [-0.15, -0.1) is 0 Å². The largest absolute Gasteiger partial charge is 0.423 e. The number of hydrogen-bond acceptors (Lipinski definition) is 2. The molecule has 0 unspecified atom stereocenters. The smallest absolute Gasteiger partial charge is 0.338 e. The van der Waals surface area contributed by atoms with Crippen LogP contribution in [0.4, 0.5) is 0 Å². The fourth-order valence-corrected chi connectivity index (χ4v) is 0.196. The fraction of sp³-hybridized carbons (Fsp3) is 0.143. The lowest BCUT2D eigenvalue weighted by atomic mass is 10.4. The summed E-state index contributed by atoms with van der Waals surface area (Å²) in [6.07, 6.45) is 1.09. The Bertz CT molecular complexity index is 173. The summed E-state index contributed by atoms with van der Waals surface area (Å²) in [6, 6.07) is 0. The molecule has 0 rings (SSSR count). The van der Waals surface area contributed by atoms with E-state index in [9.17, 15) is 4.79 Å². The molecular formula is C7H8O2. The van der Waals surface area contributed by atoms with Crippen LogP contribution in [0.1, 0.15) is 6.92 Å². The van der Waals surface area contributed by atoms with Gasteiger partial charge in [0, 0.05) is 5.57 Å². The van der Waals surface area contributed by atoms with Crippen molar-refractivity contribution < 1.29 is 9.53 Å². The molecule has 0 aromatic heterocycles. The summed E-state index contributed by atoms with van der Waals surface area (Å²) in [5.74, 6) is -0.453. The van der Waals surface area contributed by atoms with Gasteiger partial charge in [0.25, 0.3) is 0 Å². The van der Waals surface area contributed by atoms with E-state index in [-0.39, 0.29) is 0 Å². The Balaban J connectivity index is 3.78. The predicted molar refractivity (Wildman–Crippen MR) is 34.6 cm³/mol. The lowest BCUT2D eigenvalue weighted by Crippen LogP contribution is -1.98. The molecule has 0 aliphatic heterocycles. The van der Waals surface area contributed by atoms with Crippen molar-refractivity contribution in [1.29, 1.82) is 0 Å². The highest BCUT2D eigenvalue weighted by atomic mass is 16.5. The summed E-state index contributed by atoms with van der Waals surface area (Å²) in [4.78, 5) is 10.5. The van der Waals surface area contributed by atoms with Crippen LogP contribution < -0.4 is 0 Å². The molecule has 2 heteroatoms. The standard InChI is InChI=1S/C7H8O2/c1-4-5-9-7(8)6(2)3/h5H,1-2H2,3H3. The van der Waals surface area contributed by atoms with Crippen LogP contribution in [0.15, 0.2) is 30.7 Å². The monoisotopic (exact) mass is 124 g/mol. The van der Waals surface area contributed by atoms with Gasteiger partial charge in [-0.1, -0.05) is 18.9 Å². The van der Waals surface area contributed by atoms with E-state index >= 15 is 0 Å². The third-order valence-electron chi connectivity index (χ3n) is 0.598. The molecule has 0 bridgehead atoms. The van der Waals surface area contributed by atoms with E-state index in [2.05, 4.69) is 23.6 Å². The molecule has 48 valence electrons. The molecule has 0 aromatic rings. The van der Waals surface area contributed by atoms with E-state index in [1.807, 2.05) is 0 Å². The van der Waals surface area contributed by atoms with Crippen molar-refractivity contribution in [3.8, 4) is 0 Å². The Morgan fingerprint density at radius 2 is 2.33 bits per heavy atom. The van der Waals surface area contributed by atoms with Crippen LogP contribution in [0.2, 0.25) is 0 Å². The molecule has 0 amide bonds. The van der Waals surface area contributed by atoms with Gasteiger partial charge in [-0.2, -0.15) is 0 Å². The van der Waals surface area contributed by atoms with Crippen LogP contribution in [-0.2, 0) is 9.53 Å². The second-order valence-electron chi connectivity index (χ2n) is 1.51. The third kappa shape index (κ3) is 3.32. The van der Waals surface area contributed by atoms with E-state index in [0.717, 1.165) is 6.26 Å². The minimum absolute atomic E-state index is 0.363. The van der Waals surface area contributed by atoms with E-state index in [0.29, 0.717) is 5.57 Å². The lowest BCUT2D eigenvalue weighted by Gasteiger charge is -1.92. The first-order valence-electron chi connectivity index (χ1n) is 2.39. The van der Waals surface area contributed by atoms with Crippen LogP contribution in [0, 0.1) is 0 Å². The Morgan fingerprint density at radius 1 is 1.78 bits per heavy atom. The molecule has 0 atom stereocenters. The number of carbonyl (C=O) groups is 1. The molecule has 0 saturated heterocycles. The highest BCUT2D eigenvalue weighted by Gasteiger charge is 1.97. The summed E-state index contributed by atoms with van der Waals surface area (Å²) < 4.78 is 4.42. The van der Waals surface area contributed by atoms with Crippen molar-refractivity contribution in [2.24, 2.45) is 0 Å². The molecule has 0 saturated carbocycles. The van der Waals surface area contributed by atoms with Crippen LogP contribution in [0.5, 0.6) is 0 Å². The molecule has 0 aliphatic rings. The Labute approximate surface area is 54.1 Å². The number of rotatable bonds is 2. The van der Waals surface area contributed by atoms with Gasteiger partial charge in [-0.05, 0) is 6.92 Å². The lowest BCUT2D eigenvalue weighted by molar-refractivity contribution is -0.133. The summed E-state index contributed by atoms with van der Waals surface area (Å²) in [7, 11) is 0. The first-order valence-corrected chi connectivity index (χ1v) is 2.39. The highest BCUT2D eigenvalue weighted by molar-refractivity contribution is 5.87. The van der Waals surface area contributed by atoms with Crippen molar-refractivity contribution in [3.63, 3.8) is 0 Å². The molecule has 0 radical (unpaired) electrons. The predicted octanol–water partition coefficient (Wildman–Crippen LogP) is 1.40. The van der Waals surface area contributed by atoms with Crippen molar-refractivity contribution >= 4 is 5.97 Å². The van der Waals surface area contributed by atoms with Gasteiger partial charge < -0.3 is 4.74 Å². The van der Waals surface area contributed by atoms with Gasteiger partial charge in [0.1, 0.15) is 6.26 Å². The fourth-order valence-electron chi connectivity index (χ4n) is 0.196. The SMILES string of the molecule is C=C=COC(=O)C(=C)C. The van der Waals surface area contributed by atoms with E-state index < -0.39 is 5.97 Å². The van der Waals surface area contributed by atoms with E-state index in [1.54, 1.807) is 6.92 Å². The molecular weight excluding hydrogens is 116 g/mol. The normalized spacial score (nSPS) is 7.22. The summed E-state index contributed by atoms with van der Waals surface area (Å²) in [5, 5.41) is 0. The number of carbonyl (C=O) groups excluding carboxylic acids is 1. The second-order valence-corrected chi connectivity index (χ2v) is 1.51.